The normalized spacial score (nSPS) is 11.8. The molecule has 0 atom stereocenters. The molecule has 0 fully saturated rings. The molecule has 10 aromatic carbocycles. The van der Waals surface area contributed by atoms with Crippen LogP contribution in [0.5, 0.6) is 0 Å². The number of hydrogen-bond donors (Lipinski definition) is 0. The average Bonchev–Trinajstić information content (AvgIpc) is 4.05. The summed E-state index contributed by atoms with van der Waals surface area (Å²) in [6.45, 7) is 0. The zero-order chi connectivity index (χ0) is 42.1. The average molecular weight is 819 g/mol. The molecule has 0 saturated carbocycles. The van der Waals surface area contributed by atoms with E-state index in [-0.39, 0.29) is 0 Å². The summed E-state index contributed by atoms with van der Waals surface area (Å²) < 4.78 is 15.8. The van der Waals surface area contributed by atoms with Crippen molar-refractivity contribution >= 4 is 82.7 Å². The van der Waals surface area contributed by atoms with Crippen LogP contribution in [0.2, 0.25) is 0 Å². The summed E-state index contributed by atoms with van der Waals surface area (Å²) in [7, 11) is 0. The fraction of sp³-hybridized carbons (Fsp3) is 0. The number of para-hydroxylation sites is 5. The second kappa shape index (κ2) is 14.5. The van der Waals surface area contributed by atoms with Gasteiger partial charge in [0.05, 0.1) is 22.1 Å². The number of rotatable bonds is 7. The van der Waals surface area contributed by atoms with Gasteiger partial charge >= 0.3 is 0 Å². The lowest BCUT2D eigenvalue weighted by Crippen LogP contribution is -2.10. The Morgan fingerprint density at radius 2 is 0.875 bits per heavy atom. The maximum atomic E-state index is 6.92. The molecule has 3 aromatic heterocycles. The summed E-state index contributed by atoms with van der Waals surface area (Å²) in [5.74, 6) is 0. The lowest BCUT2D eigenvalue weighted by Gasteiger charge is -2.27. The molecule has 3 heterocycles. The van der Waals surface area contributed by atoms with Crippen molar-refractivity contribution in [1.82, 2.24) is 4.57 Å². The first-order valence-electron chi connectivity index (χ1n) is 21.7. The summed E-state index contributed by atoms with van der Waals surface area (Å²) in [5.41, 5.74) is 16.6. The number of benzene rings is 10. The van der Waals surface area contributed by atoms with E-state index in [1.54, 1.807) is 0 Å². The zero-order valence-corrected chi connectivity index (χ0v) is 34.7. The van der Waals surface area contributed by atoms with Gasteiger partial charge in [0.2, 0.25) is 0 Å². The lowest BCUT2D eigenvalue weighted by molar-refractivity contribution is 0.669. The van der Waals surface area contributed by atoms with E-state index >= 15 is 0 Å². The van der Waals surface area contributed by atoms with E-state index in [1.165, 1.54) is 27.4 Å². The minimum absolute atomic E-state index is 0.845. The van der Waals surface area contributed by atoms with E-state index in [0.29, 0.717) is 0 Å². The number of fused-ring (bicyclic) bond motifs is 9. The first-order valence-corrected chi connectivity index (χ1v) is 21.7. The molecule has 0 radical (unpaired) electrons. The number of anilines is 3. The highest BCUT2D eigenvalue weighted by Crippen LogP contribution is 2.47. The molecule has 64 heavy (non-hydrogen) atoms. The van der Waals surface area contributed by atoms with Gasteiger partial charge in [0, 0.05) is 55.1 Å². The Morgan fingerprint density at radius 1 is 0.328 bits per heavy atom. The molecule has 0 aliphatic carbocycles. The van der Waals surface area contributed by atoms with Crippen molar-refractivity contribution in [3.05, 3.63) is 231 Å². The Morgan fingerprint density at radius 3 is 1.62 bits per heavy atom. The van der Waals surface area contributed by atoms with Crippen LogP contribution >= 0.6 is 0 Å². The van der Waals surface area contributed by atoms with E-state index in [4.69, 9.17) is 8.83 Å². The first kappa shape index (κ1) is 36.1. The standard InChI is InChI=1S/C60H38N2O2/c1-2-14-39(15-3-1)40-28-32-43(33-29-40)61(45-17-12-16-42(38-45)46-22-13-23-51-50-20-6-10-26-56(50)63-59(46)51)55-37-36-47(60-58(55)52-21-7-11-27-57(52)64-60)41-30-34-44(35-31-41)62-53-24-8-4-18-48(53)49-19-5-9-25-54(49)62/h1-38H. The van der Waals surface area contributed by atoms with Crippen LogP contribution in [0.25, 0.3) is 105 Å². The highest BCUT2D eigenvalue weighted by molar-refractivity contribution is 6.17. The lowest BCUT2D eigenvalue weighted by atomic mass is 9.98. The molecule has 4 heteroatoms. The first-order chi connectivity index (χ1) is 31.7. The highest BCUT2D eigenvalue weighted by atomic mass is 16.3. The minimum Gasteiger partial charge on any atom is -0.455 e. The number of furan rings is 2. The Hall–Kier alpha value is -8.60. The van der Waals surface area contributed by atoms with Crippen LogP contribution in [0.1, 0.15) is 0 Å². The maximum absolute atomic E-state index is 6.92. The smallest absolute Gasteiger partial charge is 0.145 e. The van der Waals surface area contributed by atoms with Gasteiger partial charge in [0.15, 0.2) is 0 Å². The van der Waals surface area contributed by atoms with Crippen molar-refractivity contribution in [3.63, 3.8) is 0 Å². The fourth-order valence-corrected chi connectivity index (χ4v) is 9.86. The Kier molecular flexibility index (Phi) is 8.18. The van der Waals surface area contributed by atoms with Gasteiger partial charge in [-0.15, -0.1) is 0 Å². The van der Waals surface area contributed by atoms with Crippen molar-refractivity contribution in [2.75, 3.05) is 4.90 Å². The summed E-state index contributed by atoms with van der Waals surface area (Å²) in [4.78, 5) is 2.37. The predicted octanol–water partition coefficient (Wildman–Crippen LogP) is 17.1. The Bertz CT molecular complexity index is 3840. The summed E-state index contributed by atoms with van der Waals surface area (Å²) >= 11 is 0. The third-order valence-corrected chi connectivity index (χ3v) is 12.8. The molecule has 0 amide bonds. The van der Waals surface area contributed by atoms with Crippen LogP contribution in [0, 0.1) is 0 Å². The quantitative estimate of drug-likeness (QED) is 0.161. The van der Waals surface area contributed by atoms with Crippen molar-refractivity contribution in [2.24, 2.45) is 0 Å². The van der Waals surface area contributed by atoms with Gasteiger partial charge in [0.1, 0.15) is 22.3 Å². The van der Waals surface area contributed by atoms with Gasteiger partial charge in [-0.2, -0.15) is 0 Å². The molecule has 13 rings (SSSR count). The van der Waals surface area contributed by atoms with Gasteiger partial charge in [-0.1, -0.05) is 158 Å². The molecule has 0 unspecified atom stereocenters. The molecule has 0 aliphatic rings. The third kappa shape index (κ3) is 5.70. The molecular weight excluding hydrogens is 781 g/mol. The molecular formula is C60H38N2O2. The van der Waals surface area contributed by atoms with Crippen LogP contribution in [-0.2, 0) is 0 Å². The van der Waals surface area contributed by atoms with E-state index < -0.39 is 0 Å². The predicted molar refractivity (Wildman–Crippen MR) is 266 cm³/mol. The monoisotopic (exact) mass is 818 g/mol. The summed E-state index contributed by atoms with van der Waals surface area (Å²) in [5, 5.41) is 6.83. The van der Waals surface area contributed by atoms with Gasteiger partial charge in [-0.25, -0.2) is 0 Å². The van der Waals surface area contributed by atoms with Crippen LogP contribution in [-0.4, -0.2) is 4.57 Å². The van der Waals surface area contributed by atoms with Crippen LogP contribution in [0.15, 0.2) is 239 Å². The van der Waals surface area contributed by atoms with Gasteiger partial charge < -0.3 is 18.3 Å². The Balaban J connectivity index is 0.991. The number of nitrogens with zero attached hydrogens (tertiary/aromatic N) is 2. The van der Waals surface area contributed by atoms with Crippen LogP contribution in [0.3, 0.4) is 0 Å². The van der Waals surface area contributed by atoms with Gasteiger partial charge in [-0.3, -0.25) is 0 Å². The molecule has 0 N–H and O–H groups in total. The molecule has 0 bridgehead atoms. The van der Waals surface area contributed by atoms with Gasteiger partial charge in [-0.05, 0) is 95.1 Å². The third-order valence-electron chi connectivity index (χ3n) is 12.8. The molecule has 0 saturated heterocycles. The van der Waals surface area contributed by atoms with Crippen molar-refractivity contribution in [2.45, 2.75) is 0 Å². The second-order valence-electron chi connectivity index (χ2n) is 16.4. The largest absolute Gasteiger partial charge is 0.455 e. The molecule has 0 aliphatic heterocycles. The van der Waals surface area contributed by atoms with Crippen molar-refractivity contribution < 1.29 is 8.83 Å². The minimum atomic E-state index is 0.845. The van der Waals surface area contributed by atoms with E-state index in [2.05, 4.69) is 222 Å². The van der Waals surface area contributed by atoms with Crippen LogP contribution < -0.4 is 4.90 Å². The molecule has 4 nitrogen and oxygen atoms in total. The van der Waals surface area contributed by atoms with E-state index in [9.17, 15) is 0 Å². The SMILES string of the molecule is c1ccc(-c2ccc(N(c3cccc(-c4cccc5c4oc4ccccc45)c3)c3ccc(-c4ccc(-n5c6ccccc6c6ccccc65)cc4)c4oc5ccccc5c34)cc2)cc1. The second-order valence-corrected chi connectivity index (χ2v) is 16.4. The van der Waals surface area contributed by atoms with Crippen LogP contribution in [0.4, 0.5) is 17.1 Å². The van der Waals surface area contributed by atoms with Crippen molar-refractivity contribution in [1.29, 1.82) is 0 Å². The molecule has 0 spiro atoms. The topological polar surface area (TPSA) is 34.5 Å². The molecule has 13 aromatic rings. The Labute approximate surface area is 369 Å². The molecule has 300 valence electrons. The van der Waals surface area contributed by atoms with Crippen molar-refractivity contribution in [3.8, 4) is 39.1 Å². The highest BCUT2D eigenvalue weighted by Gasteiger charge is 2.23. The van der Waals surface area contributed by atoms with E-state index in [1.807, 2.05) is 18.2 Å². The van der Waals surface area contributed by atoms with E-state index in [0.717, 1.165) is 94.4 Å². The fourth-order valence-electron chi connectivity index (χ4n) is 9.86. The van der Waals surface area contributed by atoms with Gasteiger partial charge in [0.25, 0.3) is 0 Å². The summed E-state index contributed by atoms with van der Waals surface area (Å²) in [6.07, 6.45) is 0. The number of aromatic nitrogens is 1. The maximum Gasteiger partial charge on any atom is 0.145 e. The zero-order valence-electron chi connectivity index (χ0n) is 34.7. The summed E-state index contributed by atoms with van der Waals surface area (Å²) in [6, 6.07) is 82.0. The number of hydrogen-bond acceptors (Lipinski definition) is 3.